The number of pyridine rings is 1. The Balaban J connectivity index is 2.93. The van der Waals surface area contributed by atoms with Crippen LogP contribution in [0, 0.1) is 5.82 Å². The van der Waals surface area contributed by atoms with Crippen LogP contribution in [0.5, 0.6) is 0 Å². The van der Waals surface area contributed by atoms with Gasteiger partial charge in [0.15, 0.2) is 5.69 Å². The van der Waals surface area contributed by atoms with Gasteiger partial charge < -0.3 is 10.1 Å². The molecule has 0 aliphatic heterocycles. The Morgan fingerprint density at radius 3 is 2.40 bits per heavy atom. The molecule has 0 aliphatic rings. The van der Waals surface area contributed by atoms with Crippen molar-refractivity contribution in [2.45, 2.75) is 39.4 Å². The molecule has 2 rings (SSSR count). The van der Waals surface area contributed by atoms with Gasteiger partial charge in [-0.25, -0.2) is 14.2 Å². The van der Waals surface area contributed by atoms with Crippen LogP contribution in [0.4, 0.5) is 23.2 Å². The van der Waals surface area contributed by atoms with Gasteiger partial charge in [-0.15, -0.1) is 0 Å². The van der Waals surface area contributed by atoms with Gasteiger partial charge in [0, 0.05) is 10.9 Å². The number of esters is 1. The summed E-state index contributed by atoms with van der Waals surface area (Å²) in [7, 11) is 0. The van der Waals surface area contributed by atoms with Crippen LogP contribution in [0.25, 0.3) is 10.9 Å². The number of aromatic nitrogens is 1. The summed E-state index contributed by atoms with van der Waals surface area (Å²) in [5, 5.41) is 2.94. The Labute approximate surface area is 142 Å². The van der Waals surface area contributed by atoms with E-state index in [1.807, 2.05) is 0 Å². The normalized spacial score (nSPS) is 12.3. The van der Waals surface area contributed by atoms with Crippen molar-refractivity contribution in [2.24, 2.45) is 0 Å². The number of nitrogens with zero attached hydrogens (tertiary/aromatic N) is 1. The van der Waals surface area contributed by atoms with Crippen molar-refractivity contribution >= 4 is 22.6 Å². The maximum absolute atomic E-state index is 13.7. The number of hydrogen-bond donors (Lipinski definition) is 1. The highest BCUT2D eigenvalue weighted by Gasteiger charge is 2.40. The third kappa shape index (κ3) is 4.18. The van der Waals surface area contributed by atoms with Gasteiger partial charge in [-0.05, 0) is 45.9 Å². The summed E-state index contributed by atoms with van der Waals surface area (Å²) in [5.41, 5.74) is -3.03. The number of ether oxygens (including phenoxy) is 1. The number of benzene rings is 1. The minimum absolute atomic E-state index is 0.0750. The smallest absolute Gasteiger partial charge is 0.434 e. The zero-order valence-electron chi connectivity index (χ0n) is 14.2. The molecule has 1 N–H and O–H groups in total. The highest BCUT2D eigenvalue weighted by Crippen LogP contribution is 2.39. The zero-order valence-corrected chi connectivity index (χ0v) is 14.2. The summed E-state index contributed by atoms with van der Waals surface area (Å²) in [5.74, 6) is -1.82. The molecule has 0 saturated heterocycles. The predicted molar refractivity (Wildman–Crippen MR) is 86.0 cm³/mol. The van der Waals surface area contributed by atoms with E-state index in [-0.39, 0.29) is 23.2 Å². The van der Waals surface area contributed by atoms with Gasteiger partial charge in [-0.1, -0.05) is 0 Å². The Kier molecular flexibility index (Phi) is 4.92. The minimum atomic E-state index is -4.88. The van der Waals surface area contributed by atoms with Crippen LogP contribution in [0.2, 0.25) is 0 Å². The van der Waals surface area contributed by atoms with Crippen LogP contribution < -0.4 is 5.32 Å². The van der Waals surface area contributed by atoms with E-state index in [0.717, 1.165) is 18.2 Å². The molecule has 0 aliphatic carbocycles. The number of fused-ring (bicyclic) bond motifs is 1. The lowest BCUT2D eigenvalue weighted by Crippen LogP contribution is -2.29. The highest BCUT2D eigenvalue weighted by molar-refractivity contribution is 6.06. The van der Waals surface area contributed by atoms with Gasteiger partial charge in [-0.3, -0.25) is 0 Å². The zero-order chi connectivity index (χ0) is 19.0. The summed E-state index contributed by atoms with van der Waals surface area (Å²) in [6.45, 7) is 6.50. The van der Waals surface area contributed by atoms with Gasteiger partial charge in [0.1, 0.15) is 11.4 Å². The third-order valence-electron chi connectivity index (χ3n) is 3.20. The van der Waals surface area contributed by atoms with Gasteiger partial charge >= 0.3 is 12.1 Å². The van der Waals surface area contributed by atoms with E-state index in [4.69, 9.17) is 4.74 Å². The Morgan fingerprint density at radius 2 is 1.88 bits per heavy atom. The topological polar surface area (TPSA) is 51.2 Å². The van der Waals surface area contributed by atoms with E-state index in [2.05, 4.69) is 10.3 Å². The van der Waals surface area contributed by atoms with Crippen LogP contribution in [-0.4, -0.2) is 23.1 Å². The van der Waals surface area contributed by atoms with Crippen LogP contribution in [0.1, 0.15) is 43.7 Å². The standard InChI is InChI=1S/C17H18F4N2O2/c1-5-25-15(24)12-13(23-16(2,3)4)10-8-9(18)6-7-11(10)22-14(12)17(19,20)21/h6-8H,5H2,1-4H3,(H,22,23). The number of anilines is 1. The van der Waals surface area contributed by atoms with Crippen molar-refractivity contribution < 1.29 is 27.1 Å². The molecular formula is C17H18F4N2O2. The molecule has 1 aromatic carbocycles. The van der Waals surface area contributed by atoms with E-state index in [1.165, 1.54) is 6.92 Å². The highest BCUT2D eigenvalue weighted by atomic mass is 19.4. The largest absolute Gasteiger partial charge is 0.462 e. The molecule has 0 unspecified atom stereocenters. The lowest BCUT2D eigenvalue weighted by atomic mass is 10.0. The molecule has 0 saturated carbocycles. The molecule has 0 fully saturated rings. The maximum atomic E-state index is 13.7. The van der Waals surface area contributed by atoms with Crippen LogP contribution >= 0.6 is 0 Å². The van der Waals surface area contributed by atoms with Gasteiger partial charge in [0.25, 0.3) is 0 Å². The van der Waals surface area contributed by atoms with Crippen LogP contribution in [-0.2, 0) is 10.9 Å². The molecule has 0 amide bonds. The molecular weight excluding hydrogens is 340 g/mol. The fourth-order valence-electron chi connectivity index (χ4n) is 2.35. The molecule has 4 nitrogen and oxygen atoms in total. The molecule has 0 spiro atoms. The molecule has 1 aromatic heterocycles. The van der Waals surface area contributed by atoms with E-state index >= 15 is 0 Å². The Morgan fingerprint density at radius 1 is 1.24 bits per heavy atom. The van der Waals surface area contributed by atoms with Crippen LogP contribution in [0.3, 0.4) is 0 Å². The summed E-state index contributed by atoms with van der Waals surface area (Å²) in [6.07, 6.45) is -4.88. The number of carbonyl (C=O) groups excluding carboxylic acids is 1. The molecule has 2 aromatic rings. The van der Waals surface area contributed by atoms with E-state index in [9.17, 15) is 22.4 Å². The lowest BCUT2D eigenvalue weighted by Gasteiger charge is -2.26. The molecule has 1 heterocycles. The monoisotopic (exact) mass is 358 g/mol. The van der Waals surface area contributed by atoms with Crippen LogP contribution in [0.15, 0.2) is 18.2 Å². The first-order valence-corrected chi connectivity index (χ1v) is 7.60. The Bertz CT molecular complexity index is 811. The molecule has 25 heavy (non-hydrogen) atoms. The quantitative estimate of drug-likeness (QED) is 0.634. The number of rotatable bonds is 3. The number of alkyl halides is 3. The summed E-state index contributed by atoms with van der Waals surface area (Å²) in [4.78, 5) is 15.8. The number of halogens is 4. The van der Waals surface area contributed by atoms with Crippen molar-refractivity contribution in [1.82, 2.24) is 4.98 Å². The van der Waals surface area contributed by atoms with Crippen molar-refractivity contribution in [1.29, 1.82) is 0 Å². The molecule has 8 heteroatoms. The molecule has 136 valence electrons. The van der Waals surface area contributed by atoms with E-state index in [0.29, 0.717) is 0 Å². The summed E-state index contributed by atoms with van der Waals surface area (Å²) >= 11 is 0. The van der Waals surface area contributed by atoms with Crippen molar-refractivity contribution in [2.75, 3.05) is 11.9 Å². The fourth-order valence-corrected chi connectivity index (χ4v) is 2.35. The fraction of sp³-hybridized carbons (Fsp3) is 0.412. The minimum Gasteiger partial charge on any atom is -0.462 e. The second-order valence-corrected chi connectivity index (χ2v) is 6.47. The number of carbonyl (C=O) groups is 1. The summed E-state index contributed by atoms with van der Waals surface area (Å²) in [6, 6.07) is 3.20. The first-order valence-electron chi connectivity index (χ1n) is 7.60. The molecule has 0 bridgehead atoms. The SMILES string of the molecule is CCOC(=O)c1c(C(F)(F)F)nc2ccc(F)cc2c1NC(C)(C)C. The number of hydrogen-bond acceptors (Lipinski definition) is 4. The second kappa shape index (κ2) is 6.50. The number of nitrogens with one attached hydrogen (secondary N) is 1. The van der Waals surface area contributed by atoms with Crippen molar-refractivity contribution in [3.05, 3.63) is 35.3 Å². The van der Waals surface area contributed by atoms with Crippen molar-refractivity contribution in [3.8, 4) is 0 Å². The summed E-state index contributed by atoms with van der Waals surface area (Å²) < 4.78 is 58.9. The average Bonchev–Trinajstić information content (AvgIpc) is 2.45. The first-order chi connectivity index (χ1) is 11.4. The maximum Gasteiger partial charge on any atom is 0.434 e. The van der Waals surface area contributed by atoms with E-state index < -0.39 is 34.8 Å². The molecule has 0 radical (unpaired) electrons. The van der Waals surface area contributed by atoms with Gasteiger partial charge in [-0.2, -0.15) is 13.2 Å². The van der Waals surface area contributed by atoms with Gasteiger partial charge in [0.2, 0.25) is 0 Å². The predicted octanol–water partition coefficient (Wildman–Crippen LogP) is 4.78. The lowest BCUT2D eigenvalue weighted by molar-refractivity contribution is -0.141. The Hall–Kier alpha value is -2.38. The average molecular weight is 358 g/mol. The first kappa shape index (κ1) is 19.0. The van der Waals surface area contributed by atoms with Gasteiger partial charge in [0.05, 0.1) is 17.8 Å². The van der Waals surface area contributed by atoms with Crippen molar-refractivity contribution in [3.63, 3.8) is 0 Å². The second-order valence-electron chi connectivity index (χ2n) is 6.47. The van der Waals surface area contributed by atoms with E-state index in [1.54, 1.807) is 20.8 Å². The molecule has 0 atom stereocenters. The third-order valence-corrected chi connectivity index (χ3v) is 3.20.